The summed E-state index contributed by atoms with van der Waals surface area (Å²) >= 11 is 0. The molecule has 1 fully saturated rings. The summed E-state index contributed by atoms with van der Waals surface area (Å²) in [5, 5.41) is 17.8. The molecule has 0 aliphatic carbocycles. The molecule has 0 unspecified atom stereocenters. The van der Waals surface area contributed by atoms with Gasteiger partial charge in [0.25, 0.3) is 5.91 Å². The fourth-order valence-corrected chi connectivity index (χ4v) is 5.53. The van der Waals surface area contributed by atoms with Crippen LogP contribution in [0.2, 0.25) is 0 Å². The minimum atomic E-state index is -1.54. The van der Waals surface area contributed by atoms with Crippen molar-refractivity contribution in [1.29, 1.82) is 0 Å². The van der Waals surface area contributed by atoms with E-state index < -0.39 is 66.2 Å². The normalized spacial score (nSPS) is 15.8. The van der Waals surface area contributed by atoms with Crippen molar-refractivity contribution in [2.75, 3.05) is 6.54 Å². The van der Waals surface area contributed by atoms with Gasteiger partial charge >= 0.3 is 12.0 Å². The number of primary amides is 1. The predicted molar refractivity (Wildman–Crippen MR) is 178 cm³/mol. The summed E-state index contributed by atoms with van der Waals surface area (Å²) in [4.78, 5) is 91.1. The Balaban J connectivity index is 1.87. The van der Waals surface area contributed by atoms with Crippen LogP contribution in [0.1, 0.15) is 57.6 Å². The molecule has 15 nitrogen and oxygen atoms in total. The first kappa shape index (κ1) is 38.0. The van der Waals surface area contributed by atoms with Crippen molar-refractivity contribution in [3.63, 3.8) is 0 Å². The Morgan fingerprint density at radius 1 is 0.878 bits per heavy atom. The second-order valence-electron chi connectivity index (χ2n) is 12.4. The van der Waals surface area contributed by atoms with E-state index in [0.717, 1.165) is 5.01 Å². The smallest absolute Gasteiger partial charge is 0.337 e. The van der Waals surface area contributed by atoms with E-state index in [0.29, 0.717) is 30.4 Å². The third-order valence-corrected chi connectivity index (χ3v) is 7.83. The van der Waals surface area contributed by atoms with Gasteiger partial charge in [0.15, 0.2) is 0 Å². The number of nitrogens with one attached hydrogen (secondary N) is 4. The Bertz CT molecular complexity index is 1490. The quantitative estimate of drug-likeness (QED) is 0.148. The van der Waals surface area contributed by atoms with Crippen LogP contribution >= 0.6 is 0 Å². The van der Waals surface area contributed by atoms with Gasteiger partial charge < -0.3 is 31.7 Å². The van der Waals surface area contributed by atoms with E-state index in [2.05, 4.69) is 21.4 Å². The standard InChI is InChI=1S/C34H45N7O8/c1-21(2)17-27(36-22(3)42)33(48)40-16-10-15-28(40)32(47)39-41(20-24-13-8-5-9-14-24)34(49)38-26(18-23-11-6-4-7-12-23)31(46)37-25(30(35)45)19-29(43)44/h4-9,11-14,21,25-28H,10,15-20H2,1-3H3,(H2,35,45)(H,36,42)(H,37,46)(H,38,49)(H,39,47)(H,43,44)/t25-,26-,27-,28-/m0/s1. The number of urea groups is 1. The molecule has 1 aliphatic rings. The second-order valence-corrected chi connectivity index (χ2v) is 12.4. The van der Waals surface area contributed by atoms with Crippen molar-refractivity contribution in [2.24, 2.45) is 11.7 Å². The van der Waals surface area contributed by atoms with Crippen LogP contribution in [0.25, 0.3) is 0 Å². The van der Waals surface area contributed by atoms with Gasteiger partial charge in [-0.25, -0.2) is 9.80 Å². The lowest BCUT2D eigenvalue weighted by molar-refractivity contribution is -0.142. The molecular formula is C34H45N7O8. The Labute approximate surface area is 284 Å². The van der Waals surface area contributed by atoms with Crippen LogP contribution in [0.15, 0.2) is 60.7 Å². The number of carboxylic acid groups (broad SMARTS) is 1. The maximum absolute atomic E-state index is 13.9. The topological polar surface area (TPSA) is 220 Å². The van der Waals surface area contributed by atoms with Gasteiger partial charge in [0.1, 0.15) is 24.2 Å². The lowest BCUT2D eigenvalue weighted by Gasteiger charge is -2.32. The number of nitrogens with two attached hydrogens (primary N) is 1. The zero-order valence-corrected chi connectivity index (χ0v) is 27.9. The molecule has 4 atom stereocenters. The van der Waals surface area contributed by atoms with Crippen LogP contribution in [-0.2, 0) is 41.7 Å². The predicted octanol–water partition coefficient (Wildman–Crippen LogP) is 0.827. The molecule has 3 rings (SSSR count). The maximum atomic E-state index is 13.9. The minimum absolute atomic E-state index is 0.0462. The molecule has 15 heteroatoms. The van der Waals surface area contributed by atoms with Crippen LogP contribution in [0.3, 0.4) is 0 Å². The fraction of sp³-hybridized carbons (Fsp3) is 0.441. The molecule has 0 aromatic heterocycles. The van der Waals surface area contributed by atoms with E-state index in [9.17, 15) is 38.7 Å². The first-order valence-corrected chi connectivity index (χ1v) is 16.1. The number of hydrogen-bond donors (Lipinski definition) is 6. The zero-order valence-electron chi connectivity index (χ0n) is 27.9. The third kappa shape index (κ3) is 11.9. The molecule has 2 aromatic carbocycles. The van der Waals surface area contributed by atoms with Crippen molar-refractivity contribution in [3.8, 4) is 0 Å². The van der Waals surface area contributed by atoms with Crippen molar-refractivity contribution in [1.82, 2.24) is 31.3 Å². The van der Waals surface area contributed by atoms with Gasteiger partial charge in [-0.05, 0) is 36.3 Å². The van der Waals surface area contributed by atoms with E-state index in [1.807, 2.05) is 13.8 Å². The van der Waals surface area contributed by atoms with Gasteiger partial charge in [-0.1, -0.05) is 74.5 Å². The Morgan fingerprint density at radius 2 is 1.49 bits per heavy atom. The SMILES string of the molecule is CC(=O)N[C@@H](CC(C)C)C(=O)N1CCC[C@H]1C(=O)NN(Cc1ccccc1)C(=O)N[C@@H](Cc1ccccc1)C(=O)N[C@@H](CC(=O)O)C(N)=O. The van der Waals surface area contributed by atoms with Gasteiger partial charge in [-0.3, -0.25) is 34.2 Å². The summed E-state index contributed by atoms with van der Waals surface area (Å²) < 4.78 is 0. The average molecular weight is 680 g/mol. The molecule has 7 amide bonds. The Morgan fingerprint density at radius 3 is 2.04 bits per heavy atom. The number of hydrogen-bond acceptors (Lipinski definition) is 7. The number of carbonyl (C=O) groups is 7. The zero-order chi connectivity index (χ0) is 36.1. The molecule has 1 heterocycles. The number of rotatable bonds is 15. The Kier molecular flexibility index (Phi) is 14.1. The number of benzene rings is 2. The van der Waals surface area contributed by atoms with Crippen LogP contribution < -0.4 is 27.1 Å². The molecule has 1 saturated heterocycles. The van der Waals surface area contributed by atoms with Crippen molar-refractivity contribution in [3.05, 3.63) is 71.8 Å². The fourth-order valence-electron chi connectivity index (χ4n) is 5.53. The molecule has 7 N–H and O–H groups in total. The molecule has 0 spiro atoms. The number of carboxylic acids is 1. The second kappa shape index (κ2) is 18.2. The van der Waals surface area contributed by atoms with Crippen molar-refractivity contribution >= 4 is 41.5 Å². The summed E-state index contributed by atoms with van der Waals surface area (Å²) in [5.41, 5.74) is 9.23. The summed E-state index contributed by atoms with van der Waals surface area (Å²) in [7, 11) is 0. The van der Waals surface area contributed by atoms with Crippen LogP contribution in [0.4, 0.5) is 4.79 Å². The largest absolute Gasteiger partial charge is 0.481 e. The molecule has 0 bridgehead atoms. The number of aliphatic carboxylic acids is 1. The highest BCUT2D eigenvalue weighted by Gasteiger charge is 2.39. The molecule has 0 saturated carbocycles. The van der Waals surface area contributed by atoms with Gasteiger partial charge in [0.05, 0.1) is 13.0 Å². The maximum Gasteiger partial charge on any atom is 0.337 e. The third-order valence-electron chi connectivity index (χ3n) is 7.83. The molecule has 264 valence electrons. The van der Waals surface area contributed by atoms with E-state index in [-0.39, 0.29) is 31.3 Å². The number of hydrazine groups is 1. The van der Waals surface area contributed by atoms with E-state index in [1.54, 1.807) is 60.7 Å². The van der Waals surface area contributed by atoms with Gasteiger partial charge in [-0.15, -0.1) is 0 Å². The molecular weight excluding hydrogens is 634 g/mol. The van der Waals surface area contributed by atoms with Crippen LogP contribution in [0.5, 0.6) is 0 Å². The number of carbonyl (C=O) groups excluding carboxylic acids is 6. The molecule has 2 aromatic rings. The highest BCUT2D eigenvalue weighted by atomic mass is 16.4. The van der Waals surface area contributed by atoms with Crippen LogP contribution in [-0.4, -0.2) is 87.3 Å². The van der Waals surface area contributed by atoms with Crippen molar-refractivity contribution in [2.45, 2.75) is 83.6 Å². The first-order valence-electron chi connectivity index (χ1n) is 16.1. The summed E-state index contributed by atoms with van der Waals surface area (Å²) in [6.07, 6.45) is 0.415. The number of likely N-dealkylation sites (tertiary alicyclic amines) is 1. The summed E-state index contributed by atoms with van der Waals surface area (Å²) in [6.45, 7) is 5.32. The first-order chi connectivity index (χ1) is 23.2. The Hall–Kier alpha value is -5.47. The van der Waals surface area contributed by atoms with E-state index in [4.69, 9.17) is 5.73 Å². The highest BCUT2D eigenvalue weighted by molar-refractivity contribution is 5.95. The molecule has 0 radical (unpaired) electrons. The van der Waals surface area contributed by atoms with E-state index >= 15 is 0 Å². The molecule has 1 aliphatic heterocycles. The monoisotopic (exact) mass is 679 g/mol. The highest BCUT2D eigenvalue weighted by Crippen LogP contribution is 2.21. The lowest BCUT2D eigenvalue weighted by Crippen LogP contribution is -2.60. The summed E-state index contributed by atoms with van der Waals surface area (Å²) in [5.74, 6) is -4.61. The average Bonchev–Trinajstić information content (AvgIpc) is 3.54. The summed E-state index contributed by atoms with van der Waals surface area (Å²) in [6, 6.07) is 11.9. The molecule has 49 heavy (non-hydrogen) atoms. The van der Waals surface area contributed by atoms with Gasteiger partial charge in [-0.2, -0.15) is 0 Å². The minimum Gasteiger partial charge on any atom is -0.481 e. The number of amides is 7. The number of nitrogens with zero attached hydrogens (tertiary/aromatic N) is 2. The van der Waals surface area contributed by atoms with E-state index in [1.165, 1.54) is 11.8 Å². The van der Waals surface area contributed by atoms with Crippen molar-refractivity contribution < 1.29 is 38.7 Å². The van der Waals surface area contributed by atoms with Gasteiger partial charge in [0, 0.05) is 19.9 Å². The van der Waals surface area contributed by atoms with Crippen LogP contribution in [0, 0.1) is 5.92 Å². The lowest BCUT2D eigenvalue weighted by atomic mass is 10.0. The van der Waals surface area contributed by atoms with Gasteiger partial charge in [0.2, 0.25) is 23.6 Å².